The fourth-order valence-electron chi connectivity index (χ4n) is 2.93. The molecule has 0 saturated heterocycles. The molecular formula is C21H14FN3O3S. The van der Waals surface area contributed by atoms with Crippen LogP contribution in [0.15, 0.2) is 67.4 Å². The summed E-state index contributed by atoms with van der Waals surface area (Å²) in [5, 5.41) is 0. The van der Waals surface area contributed by atoms with Gasteiger partial charge in [0.1, 0.15) is 18.3 Å². The van der Waals surface area contributed by atoms with Crippen LogP contribution < -0.4 is 10.5 Å². The first-order chi connectivity index (χ1) is 14.2. The number of thiophene rings is 1. The van der Waals surface area contributed by atoms with Crippen LogP contribution in [0.4, 0.5) is 10.1 Å². The van der Waals surface area contributed by atoms with Gasteiger partial charge in [0.15, 0.2) is 11.6 Å². The molecule has 1 aromatic carbocycles. The molecule has 1 aliphatic rings. The van der Waals surface area contributed by atoms with Crippen molar-refractivity contribution in [2.24, 2.45) is 0 Å². The average Bonchev–Trinajstić information content (AvgIpc) is 3.40. The van der Waals surface area contributed by atoms with Crippen molar-refractivity contribution < 1.29 is 18.6 Å². The van der Waals surface area contributed by atoms with E-state index in [4.69, 9.17) is 19.9 Å². The van der Waals surface area contributed by atoms with E-state index in [2.05, 4.69) is 9.97 Å². The molecule has 4 heterocycles. The van der Waals surface area contributed by atoms with Crippen molar-refractivity contribution in [2.75, 3.05) is 5.73 Å². The molecule has 0 spiro atoms. The number of rotatable bonds is 4. The van der Waals surface area contributed by atoms with Crippen LogP contribution in [-0.2, 0) is 9.47 Å². The second-order valence-corrected chi connectivity index (χ2v) is 7.33. The molecule has 3 aromatic heterocycles. The minimum absolute atomic E-state index is 0.106. The molecule has 0 radical (unpaired) electrons. The van der Waals surface area contributed by atoms with Crippen LogP contribution in [0.5, 0.6) is 11.5 Å². The van der Waals surface area contributed by atoms with Crippen LogP contribution in [0.1, 0.15) is 11.9 Å². The van der Waals surface area contributed by atoms with Gasteiger partial charge in [-0.2, -0.15) is 0 Å². The lowest BCUT2D eigenvalue weighted by molar-refractivity contribution is -0.0248. The van der Waals surface area contributed by atoms with Crippen LogP contribution in [0.2, 0.25) is 0 Å². The van der Waals surface area contributed by atoms with Gasteiger partial charge in [-0.05, 0) is 30.3 Å². The Morgan fingerprint density at radius 2 is 1.86 bits per heavy atom. The molecule has 0 saturated carbocycles. The molecular weight excluding hydrogens is 393 g/mol. The Morgan fingerprint density at radius 1 is 1.00 bits per heavy atom. The third kappa shape index (κ3) is 3.34. The SMILES string of the molecule is Nc1ccc(Oc2ccnc3cc(-c4ccc(C5OC=CO5)cn4)sc23)c(F)c1. The van der Waals surface area contributed by atoms with Gasteiger partial charge in [0, 0.05) is 30.2 Å². The van der Waals surface area contributed by atoms with Crippen molar-refractivity contribution in [2.45, 2.75) is 6.29 Å². The molecule has 0 amide bonds. The van der Waals surface area contributed by atoms with E-state index in [1.165, 1.54) is 36.0 Å². The fraction of sp³-hybridized carbons (Fsp3) is 0.0476. The highest BCUT2D eigenvalue weighted by Gasteiger charge is 2.17. The first-order valence-corrected chi connectivity index (χ1v) is 9.53. The second kappa shape index (κ2) is 7.06. The summed E-state index contributed by atoms with van der Waals surface area (Å²) in [5.74, 6) is 0.106. The smallest absolute Gasteiger partial charge is 0.267 e. The summed E-state index contributed by atoms with van der Waals surface area (Å²) >= 11 is 1.47. The maximum Gasteiger partial charge on any atom is 0.267 e. The molecule has 0 unspecified atom stereocenters. The number of ether oxygens (including phenoxy) is 3. The van der Waals surface area contributed by atoms with Crippen LogP contribution in [0.3, 0.4) is 0 Å². The second-order valence-electron chi connectivity index (χ2n) is 6.28. The molecule has 6 nitrogen and oxygen atoms in total. The fourth-order valence-corrected chi connectivity index (χ4v) is 3.97. The molecule has 1 aliphatic heterocycles. The highest BCUT2D eigenvalue weighted by Crippen LogP contribution is 2.39. The Morgan fingerprint density at radius 3 is 2.62 bits per heavy atom. The van der Waals surface area contributed by atoms with Crippen molar-refractivity contribution in [1.29, 1.82) is 0 Å². The molecule has 144 valence electrons. The first-order valence-electron chi connectivity index (χ1n) is 8.71. The van der Waals surface area contributed by atoms with E-state index in [-0.39, 0.29) is 5.75 Å². The molecule has 5 rings (SSSR count). The number of hydrogen-bond donors (Lipinski definition) is 1. The largest absolute Gasteiger partial charge is 0.455 e. The number of benzene rings is 1. The van der Waals surface area contributed by atoms with Gasteiger partial charge < -0.3 is 19.9 Å². The molecule has 0 atom stereocenters. The van der Waals surface area contributed by atoms with Gasteiger partial charge in [-0.3, -0.25) is 9.97 Å². The number of anilines is 1. The number of pyridine rings is 2. The van der Waals surface area contributed by atoms with Gasteiger partial charge in [-0.25, -0.2) is 4.39 Å². The summed E-state index contributed by atoms with van der Waals surface area (Å²) in [4.78, 5) is 9.81. The normalized spacial score (nSPS) is 13.4. The number of hydrogen-bond acceptors (Lipinski definition) is 7. The summed E-state index contributed by atoms with van der Waals surface area (Å²) in [5.41, 5.74) is 8.29. The quantitative estimate of drug-likeness (QED) is 0.457. The average molecular weight is 407 g/mol. The van der Waals surface area contributed by atoms with E-state index in [9.17, 15) is 4.39 Å². The molecule has 0 bridgehead atoms. The van der Waals surface area contributed by atoms with Crippen LogP contribution >= 0.6 is 11.3 Å². The van der Waals surface area contributed by atoms with Crippen molar-refractivity contribution in [3.05, 3.63) is 78.8 Å². The third-order valence-corrected chi connectivity index (χ3v) is 5.48. The van der Waals surface area contributed by atoms with E-state index < -0.39 is 12.1 Å². The van der Waals surface area contributed by atoms with Gasteiger partial charge in [0.25, 0.3) is 6.29 Å². The summed E-state index contributed by atoms with van der Waals surface area (Å²) in [6.07, 6.45) is 5.88. The number of aromatic nitrogens is 2. The van der Waals surface area contributed by atoms with E-state index in [1.807, 2.05) is 18.2 Å². The Hall–Kier alpha value is -3.65. The maximum absolute atomic E-state index is 14.1. The summed E-state index contributed by atoms with van der Waals surface area (Å²) < 4.78 is 31.3. The lowest BCUT2D eigenvalue weighted by atomic mass is 10.2. The van der Waals surface area contributed by atoms with Crippen LogP contribution in [0, 0.1) is 5.82 Å². The predicted octanol–water partition coefficient (Wildman–Crippen LogP) is 5.39. The lowest BCUT2D eigenvalue weighted by Crippen LogP contribution is -1.98. The molecule has 0 aliphatic carbocycles. The summed E-state index contributed by atoms with van der Waals surface area (Å²) in [6.45, 7) is 0. The van der Waals surface area contributed by atoms with Crippen molar-refractivity contribution in [3.8, 4) is 22.1 Å². The highest BCUT2D eigenvalue weighted by atomic mass is 32.1. The molecule has 8 heteroatoms. The number of nitrogen functional groups attached to an aromatic ring is 1. The minimum Gasteiger partial charge on any atom is -0.455 e. The predicted molar refractivity (Wildman–Crippen MR) is 108 cm³/mol. The van der Waals surface area contributed by atoms with Gasteiger partial charge in [-0.1, -0.05) is 0 Å². The van der Waals surface area contributed by atoms with E-state index in [0.717, 1.165) is 26.4 Å². The van der Waals surface area contributed by atoms with Gasteiger partial charge in [0.2, 0.25) is 0 Å². The third-order valence-electron chi connectivity index (χ3n) is 4.32. The number of halogens is 1. The van der Waals surface area contributed by atoms with Gasteiger partial charge in [0.05, 0.1) is 26.4 Å². The van der Waals surface area contributed by atoms with Crippen molar-refractivity contribution >= 4 is 27.2 Å². The van der Waals surface area contributed by atoms with Crippen LogP contribution in [0.25, 0.3) is 20.8 Å². The van der Waals surface area contributed by atoms with Crippen LogP contribution in [-0.4, -0.2) is 9.97 Å². The topological polar surface area (TPSA) is 79.5 Å². The zero-order chi connectivity index (χ0) is 19.8. The number of fused-ring (bicyclic) bond motifs is 1. The Balaban J connectivity index is 1.46. The molecule has 2 N–H and O–H groups in total. The minimum atomic E-state index is -0.519. The van der Waals surface area contributed by atoms with Crippen molar-refractivity contribution in [1.82, 2.24) is 9.97 Å². The lowest BCUT2D eigenvalue weighted by Gasteiger charge is -2.09. The van der Waals surface area contributed by atoms with E-state index >= 15 is 0 Å². The molecule has 4 aromatic rings. The van der Waals surface area contributed by atoms with E-state index in [1.54, 1.807) is 24.5 Å². The first kappa shape index (κ1) is 17.4. The van der Waals surface area contributed by atoms with Gasteiger partial charge >= 0.3 is 0 Å². The standard InChI is InChI=1S/C21H14FN3O3S/c22-14-9-13(23)2-4-17(14)28-18-5-6-24-16-10-19(29-20(16)18)15-3-1-12(11-25-15)21-26-7-8-27-21/h1-11,21H,23H2. The summed E-state index contributed by atoms with van der Waals surface area (Å²) in [6, 6.07) is 11.8. The molecule has 29 heavy (non-hydrogen) atoms. The maximum atomic E-state index is 14.1. The van der Waals surface area contributed by atoms with Gasteiger partial charge in [-0.15, -0.1) is 11.3 Å². The Bertz CT molecular complexity index is 1220. The number of nitrogens with two attached hydrogens (primary N) is 1. The molecule has 0 fully saturated rings. The summed E-state index contributed by atoms with van der Waals surface area (Å²) in [7, 11) is 0. The van der Waals surface area contributed by atoms with E-state index in [0.29, 0.717) is 11.4 Å². The highest BCUT2D eigenvalue weighted by molar-refractivity contribution is 7.22. The monoisotopic (exact) mass is 407 g/mol. The Kier molecular flexibility index (Phi) is 4.25. The zero-order valence-corrected chi connectivity index (χ0v) is 15.7. The zero-order valence-electron chi connectivity index (χ0n) is 14.9. The Labute approximate surface area is 169 Å². The van der Waals surface area contributed by atoms with Crippen molar-refractivity contribution in [3.63, 3.8) is 0 Å². The number of nitrogens with zero attached hydrogens (tertiary/aromatic N) is 2.